The van der Waals surface area contributed by atoms with Gasteiger partial charge < -0.3 is 4.90 Å². The smallest absolute Gasteiger partial charge is 0.281 e. The van der Waals surface area contributed by atoms with E-state index in [0.29, 0.717) is 18.8 Å². The third kappa shape index (κ3) is 3.56. The first-order valence-corrected chi connectivity index (χ1v) is 11.0. The second kappa shape index (κ2) is 7.51. The Bertz CT molecular complexity index is 1020. The predicted molar refractivity (Wildman–Crippen MR) is 106 cm³/mol. The maximum Gasteiger partial charge on any atom is 0.281 e. The summed E-state index contributed by atoms with van der Waals surface area (Å²) in [6.07, 6.45) is 2.55. The lowest BCUT2D eigenvalue weighted by Crippen LogP contribution is -2.53. The third-order valence-corrected chi connectivity index (χ3v) is 7.46. The normalized spacial score (nSPS) is 17.7. The van der Waals surface area contributed by atoms with E-state index < -0.39 is 10.2 Å². The molecule has 1 fully saturated rings. The van der Waals surface area contributed by atoms with Crippen LogP contribution in [0.5, 0.6) is 0 Å². The molecule has 2 heterocycles. The van der Waals surface area contributed by atoms with Gasteiger partial charge in [-0.05, 0) is 43.5 Å². The molecule has 2 aromatic rings. The molecule has 1 aliphatic heterocycles. The van der Waals surface area contributed by atoms with Gasteiger partial charge in [-0.1, -0.05) is 0 Å². The van der Waals surface area contributed by atoms with Crippen LogP contribution in [0.2, 0.25) is 0 Å². The zero-order valence-electron chi connectivity index (χ0n) is 16.5. The minimum Gasteiger partial charge on any atom is -0.335 e. The molecule has 1 aromatic carbocycles. The monoisotopic (exact) mass is 421 g/mol. The Labute approximate surface area is 169 Å². The van der Waals surface area contributed by atoms with Crippen molar-refractivity contribution in [2.24, 2.45) is 0 Å². The molecule has 1 aliphatic carbocycles. The van der Waals surface area contributed by atoms with Gasteiger partial charge in [0.1, 0.15) is 5.82 Å². The molecule has 10 heteroatoms. The summed E-state index contributed by atoms with van der Waals surface area (Å²) >= 11 is 0. The Balaban J connectivity index is 1.56. The highest BCUT2D eigenvalue weighted by Gasteiger charge is 2.34. The van der Waals surface area contributed by atoms with Gasteiger partial charge in [0.15, 0.2) is 5.69 Å². The molecule has 0 spiro atoms. The average Bonchev–Trinajstić information content (AvgIpc) is 3.31. The number of rotatable bonds is 4. The highest BCUT2D eigenvalue weighted by atomic mass is 32.2. The number of hydrogen-bond acceptors (Lipinski definition) is 4. The topological polar surface area (TPSA) is 78.8 Å². The molecule has 0 saturated carbocycles. The standard InChI is InChI=1S/C19H24FN5O3S/c1-22(2)29(27,28)24-12-10-23(11-13-24)19(26)18-16-4-3-5-17(16)25(21-18)15-8-6-14(20)7-9-15/h6-9H,3-5,10-13H2,1-2H3. The summed E-state index contributed by atoms with van der Waals surface area (Å²) in [5.41, 5.74) is 3.09. The lowest BCUT2D eigenvalue weighted by molar-refractivity contribution is 0.0687. The molecule has 2 aliphatic rings. The number of amides is 1. The van der Waals surface area contributed by atoms with E-state index in [9.17, 15) is 17.6 Å². The lowest BCUT2D eigenvalue weighted by Gasteiger charge is -2.34. The van der Waals surface area contributed by atoms with Crippen LogP contribution in [0.15, 0.2) is 24.3 Å². The van der Waals surface area contributed by atoms with E-state index in [1.54, 1.807) is 21.7 Å². The number of aromatic nitrogens is 2. The first-order chi connectivity index (χ1) is 13.8. The Kier molecular flexibility index (Phi) is 5.18. The SMILES string of the molecule is CN(C)S(=O)(=O)N1CCN(C(=O)c2nn(-c3ccc(F)cc3)c3c2CCC3)CC1. The molecule has 4 rings (SSSR count). The highest BCUT2D eigenvalue weighted by Crippen LogP contribution is 2.29. The van der Waals surface area contributed by atoms with E-state index in [4.69, 9.17) is 0 Å². The van der Waals surface area contributed by atoms with Crippen LogP contribution in [0.1, 0.15) is 28.2 Å². The van der Waals surface area contributed by atoms with Crippen LogP contribution in [0.3, 0.4) is 0 Å². The molecule has 0 radical (unpaired) electrons. The number of halogens is 1. The lowest BCUT2D eigenvalue weighted by atomic mass is 10.1. The fourth-order valence-electron chi connectivity index (χ4n) is 3.91. The number of piperazine rings is 1. The first-order valence-electron chi connectivity index (χ1n) is 9.62. The Morgan fingerprint density at radius 1 is 1.07 bits per heavy atom. The summed E-state index contributed by atoms with van der Waals surface area (Å²) < 4.78 is 42.1. The van der Waals surface area contributed by atoms with E-state index >= 15 is 0 Å². The number of carbonyl (C=O) groups excluding carboxylic acids is 1. The van der Waals surface area contributed by atoms with Crippen molar-refractivity contribution in [1.29, 1.82) is 0 Å². The molecule has 1 saturated heterocycles. The van der Waals surface area contributed by atoms with Gasteiger partial charge >= 0.3 is 0 Å². The number of benzene rings is 1. The molecule has 0 N–H and O–H groups in total. The molecule has 156 valence electrons. The quantitative estimate of drug-likeness (QED) is 0.740. The summed E-state index contributed by atoms with van der Waals surface area (Å²) in [6.45, 7) is 1.16. The van der Waals surface area contributed by atoms with Gasteiger partial charge in [0.25, 0.3) is 16.1 Å². The molecular formula is C19H24FN5O3S. The van der Waals surface area contributed by atoms with Crippen molar-refractivity contribution in [3.05, 3.63) is 47.0 Å². The van der Waals surface area contributed by atoms with Crippen LogP contribution in [0.25, 0.3) is 5.69 Å². The summed E-state index contributed by atoms with van der Waals surface area (Å²) in [4.78, 5) is 14.8. The van der Waals surface area contributed by atoms with Gasteiger partial charge in [-0.15, -0.1) is 0 Å². The largest absolute Gasteiger partial charge is 0.335 e. The van der Waals surface area contributed by atoms with E-state index in [0.717, 1.165) is 36.2 Å². The molecule has 1 aromatic heterocycles. The fraction of sp³-hybridized carbons (Fsp3) is 0.474. The zero-order chi connectivity index (χ0) is 20.8. The maximum absolute atomic E-state index is 13.3. The molecule has 29 heavy (non-hydrogen) atoms. The number of fused-ring (bicyclic) bond motifs is 1. The summed E-state index contributed by atoms with van der Waals surface area (Å²) in [5, 5.41) is 4.57. The highest BCUT2D eigenvalue weighted by molar-refractivity contribution is 7.86. The fourth-order valence-corrected chi connectivity index (χ4v) is 4.99. The van der Waals surface area contributed by atoms with Crippen LogP contribution in [-0.2, 0) is 23.1 Å². The second-order valence-electron chi connectivity index (χ2n) is 7.50. The van der Waals surface area contributed by atoms with Crippen molar-refractivity contribution < 1.29 is 17.6 Å². The van der Waals surface area contributed by atoms with Crippen molar-refractivity contribution in [2.75, 3.05) is 40.3 Å². The van der Waals surface area contributed by atoms with Crippen LogP contribution >= 0.6 is 0 Å². The Hall–Kier alpha value is -2.30. The van der Waals surface area contributed by atoms with Crippen molar-refractivity contribution >= 4 is 16.1 Å². The van der Waals surface area contributed by atoms with E-state index in [-0.39, 0.29) is 24.8 Å². The minimum absolute atomic E-state index is 0.175. The summed E-state index contributed by atoms with van der Waals surface area (Å²) in [7, 11) is -0.484. The third-order valence-electron chi connectivity index (χ3n) is 5.52. The summed E-state index contributed by atoms with van der Waals surface area (Å²) in [6, 6.07) is 6.06. The van der Waals surface area contributed by atoms with Crippen molar-refractivity contribution in [3.63, 3.8) is 0 Å². The Morgan fingerprint density at radius 3 is 2.34 bits per heavy atom. The predicted octanol–water partition coefficient (Wildman–Crippen LogP) is 1.06. The number of hydrogen-bond donors (Lipinski definition) is 0. The van der Waals surface area contributed by atoms with Gasteiger partial charge in [-0.25, -0.2) is 9.07 Å². The Morgan fingerprint density at radius 2 is 1.72 bits per heavy atom. The van der Waals surface area contributed by atoms with Gasteiger partial charge in [0.2, 0.25) is 0 Å². The van der Waals surface area contributed by atoms with Gasteiger partial charge in [-0.2, -0.15) is 22.1 Å². The molecule has 1 amide bonds. The van der Waals surface area contributed by atoms with Crippen molar-refractivity contribution in [1.82, 2.24) is 23.3 Å². The van der Waals surface area contributed by atoms with Gasteiger partial charge in [0, 0.05) is 51.5 Å². The molecule has 0 atom stereocenters. The molecule has 8 nitrogen and oxygen atoms in total. The van der Waals surface area contributed by atoms with E-state index in [2.05, 4.69) is 5.10 Å². The van der Waals surface area contributed by atoms with Crippen molar-refractivity contribution in [3.8, 4) is 5.69 Å². The first kappa shape index (κ1) is 20.0. The molecule has 0 unspecified atom stereocenters. The van der Waals surface area contributed by atoms with Crippen LogP contribution < -0.4 is 0 Å². The second-order valence-corrected chi connectivity index (χ2v) is 9.64. The minimum atomic E-state index is -3.48. The summed E-state index contributed by atoms with van der Waals surface area (Å²) in [5.74, 6) is -0.495. The van der Waals surface area contributed by atoms with E-state index in [1.165, 1.54) is 34.8 Å². The van der Waals surface area contributed by atoms with E-state index in [1.807, 2.05) is 0 Å². The van der Waals surface area contributed by atoms with Crippen LogP contribution in [0.4, 0.5) is 4.39 Å². The average molecular weight is 421 g/mol. The zero-order valence-corrected chi connectivity index (χ0v) is 17.3. The number of nitrogens with zero attached hydrogens (tertiary/aromatic N) is 5. The molecular weight excluding hydrogens is 397 g/mol. The van der Waals surface area contributed by atoms with Crippen molar-refractivity contribution in [2.45, 2.75) is 19.3 Å². The van der Waals surface area contributed by atoms with Gasteiger partial charge in [0.05, 0.1) is 5.69 Å². The van der Waals surface area contributed by atoms with Gasteiger partial charge in [-0.3, -0.25) is 4.79 Å². The van der Waals surface area contributed by atoms with Crippen LogP contribution in [-0.4, -0.2) is 77.9 Å². The maximum atomic E-state index is 13.3. The number of carbonyl (C=O) groups is 1. The molecule has 0 bridgehead atoms. The van der Waals surface area contributed by atoms with Crippen LogP contribution in [0, 0.1) is 5.82 Å².